The summed E-state index contributed by atoms with van der Waals surface area (Å²) in [4.78, 5) is 97.1. The lowest BCUT2D eigenvalue weighted by atomic mass is 9.46. The SMILES string of the molecule is COc1ccc(C(=O)OC2C(OC3C(O)COC(O[C@H]4C[C@H]5[C@@H]6CC=C7C[C@@H](OC(=O)O[C@@H]8CC[C@@]9(N)C(=CC[C@@H]%10C9CC[C@@]9(N)[C@H]%10C[C@H](OC%10OCC(O)C(OC%11OCC(O)C(O)C%11OC(=O)c%11ccc(OC)cc%11)C%10OC(C)=O)[C@]9(O)[C@H](C)C(=O)CCC(C)C)C8)CC[C@]7(C)C6CC[C@]5(C)[C@@]4(O)[C@H](C)C(=O)CCC(C)C)C3OC(C)=O)OCC(O)C2O)cc1. The van der Waals surface area contributed by atoms with Crippen molar-refractivity contribution >= 4 is 41.6 Å². The minimum Gasteiger partial charge on any atom is -0.497 e. The minimum atomic E-state index is -2.07. The Morgan fingerprint density at radius 3 is 1.34 bits per heavy atom. The average molecular weight is 1770 g/mol. The molecule has 18 unspecified atom stereocenters. The summed E-state index contributed by atoms with van der Waals surface area (Å²) in [5, 5.41) is 95.3. The highest BCUT2D eigenvalue weighted by atomic mass is 16.8. The third-order valence-corrected chi connectivity index (χ3v) is 31.1. The van der Waals surface area contributed by atoms with E-state index in [9.17, 15) is 74.4 Å². The molecule has 2 aromatic rings. The van der Waals surface area contributed by atoms with Gasteiger partial charge in [-0.15, -0.1) is 0 Å². The number of rotatable bonds is 28. The maximum atomic E-state index is 14.7. The van der Waals surface area contributed by atoms with Crippen LogP contribution in [0.25, 0.3) is 0 Å². The van der Waals surface area contributed by atoms with E-state index < -0.39 is 225 Å². The molecule has 33 nitrogen and oxygen atoms in total. The Balaban J connectivity index is 0.643. The number of hydrogen-bond donors (Lipinski definition) is 10. The highest BCUT2D eigenvalue weighted by Gasteiger charge is 2.74. The molecule has 2 aromatic carbocycles. The molecule has 126 heavy (non-hydrogen) atoms. The first kappa shape index (κ1) is 95.4. The maximum Gasteiger partial charge on any atom is 0.508 e. The van der Waals surface area contributed by atoms with Crippen LogP contribution >= 0.6 is 0 Å². The second-order valence-electron chi connectivity index (χ2n) is 39.1. The molecule has 0 radical (unpaired) electrons. The van der Waals surface area contributed by atoms with Crippen LogP contribution in [0, 0.1) is 70.0 Å². The van der Waals surface area contributed by atoms with Crippen molar-refractivity contribution in [1.82, 2.24) is 0 Å². The lowest BCUT2D eigenvalue weighted by Gasteiger charge is -2.59. The van der Waals surface area contributed by atoms with E-state index in [0.29, 0.717) is 95.0 Å². The number of nitrogens with two attached hydrogens (primary N) is 2. The van der Waals surface area contributed by atoms with Gasteiger partial charge in [-0.25, -0.2) is 14.4 Å². The number of ketones is 2. The van der Waals surface area contributed by atoms with Gasteiger partial charge in [-0.3, -0.25) is 19.2 Å². The zero-order valence-corrected chi connectivity index (χ0v) is 74.3. The number of esters is 4. The van der Waals surface area contributed by atoms with Crippen LogP contribution in [0.15, 0.2) is 71.8 Å². The third kappa shape index (κ3) is 18.2. The molecule has 0 amide bonds. The molecule has 33 heteroatoms. The normalized spacial score (nSPS) is 41.7. The van der Waals surface area contributed by atoms with Gasteiger partial charge in [-0.2, -0.15) is 0 Å². The fraction of sp³-hybridized carbons (Fsp3) is 0.753. The lowest BCUT2D eigenvalue weighted by molar-refractivity contribution is -0.345. The number of benzene rings is 2. The summed E-state index contributed by atoms with van der Waals surface area (Å²) >= 11 is 0. The van der Waals surface area contributed by atoms with Crippen LogP contribution in [0.3, 0.4) is 0 Å². The first-order chi connectivity index (χ1) is 59.7. The van der Waals surface area contributed by atoms with Gasteiger partial charge in [-0.05, 0) is 191 Å². The molecule has 0 aromatic heterocycles. The van der Waals surface area contributed by atoms with Crippen molar-refractivity contribution in [3.8, 4) is 11.5 Å². The van der Waals surface area contributed by atoms with Gasteiger partial charge in [0.1, 0.15) is 95.3 Å². The number of carbonyl (C=O) groups is 7. The van der Waals surface area contributed by atoms with Gasteiger partial charge in [0.2, 0.25) is 0 Å². The number of aliphatic hydroxyl groups excluding tert-OH is 6. The highest BCUT2D eigenvalue weighted by Crippen LogP contribution is 2.70. The van der Waals surface area contributed by atoms with Crippen LogP contribution < -0.4 is 20.9 Å². The molecule has 4 aliphatic heterocycles. The fourth-order valence-electron chi connectivity index (χ4n) is 24.0. The molecule has 4 saturated heterocycles. The number of fused-ring (bicyclic) bond motifs is 10. The Morgan fingerprint density at radius 1 is 0.460 bits per heavy atom. The van der Waals surface area contributed by atoms with E-state index >= 15 is 0 Å². The smallest absolute Gasteiger partial charge is 0.497 e. The molecular formula is C93H132N2O31. The predicted octanol–water partition coefficient (Wildman–Crippen LogP) is 6.61. The second-order valence-corrected chi connectivity index (χ2v) is 39.1. The topological polar surface area (TPSA) is 481 Å². The lowest BCUT2D eigenvalue weighted by Crippen LogP contribution is -2.72. The van der Waals surface area contributed by atoms with Crippen molar-refractivity contribution in [3.63, 3.8) is 0 Å². The maximum absolute atomic E-state index is 14.7. The van der Waals surface area contributed by atoms with E-state index in [1.165, 1.54) is 62.8 Å². The summed E-state index contributed by atoms with van der Waals surface area (Å²) in [5.74, 6) is -5.74. The van der Waals surface area contributed by atoms with E-state index in [1.807, 2.05) is 34.6 Å². The van der Waals surface area contributed by atoms with Gasteiger partial charge in [0, 0.05) is 62.3 Å². The molecule has 8 aliphatic carbocycles. The number of methoxy groups -OCH3 is 2. The van der Waals surface area contributed by atoms with Crippen LogP contribution in [-0.2, 0) is 85.5 Å². The van der Waals surface area contributed by atoms with Crippen LogP contribution in [0.5, 0.6) is 11.5 Å². The highest BCUT2D eigenvalue weighted by molar-refractivity contribution is 5.90. The molecule has 700 valence electrons. The Hall–Kier alpha value is -6.71. The van der Waals surface area contributed by atoms with Crippen molar-refractivity contribution in [3.05, 3.63) is 83.0 Å². The van der Waals surface area contributed by atoms with E-state index in [0.717, 1.165) is 25.0 Å². The Labute approximate surface area is 735 Å². The first-order valence-electron chi connectivity index (χ1n) is 45.2. The van der Waals surface area contributed by atoms with Crippen LogP contribution in [-0.4, -0.2) is 268 Å². The molecule has 10 fully saturated rings. The van der Waals surface area contributed by atoms with Gasteiger partial charge in [-0.1, -0.05) is 78.7 Å². The van der Waals surface area contributed by atoms with Crippen molar-refractivity contribution in [2.24, 2.45) is 81.5 Å². The van der Waals surface area contributed by atoms with Gasteiger partial charge < -0.3 is 128 Å². The van der Waals surface area contributed by atoms with E-state index in [-0.39, 0.29) is 102 Å². The third-order valence-electron chi connectivity index (χ3n) is 31.1. The number of carbonyl (C=O) groups excluding carboxylic acids is 7. The molecule has 0 spiro atoms. The number of aliphatic hydroxyl groups is 8. The number of hydrogen-bond acceptors (Lipinski definition) is 33. The minimum absolute atomic E-state index is 0.0149. The van der Waals surface area contributed by atoms with E-state index in [1.54, 1.807) is 13.8 Å². The summed E-state index contributed by atoms with van der Waals surface area (Å²) in [5.41, 5.74) is 10.2. The summed E-state index contributed by atoms with van der Waals surface area (Å²) in [6.45, 7) is 16.2. The average Bonchev–Trinajstić information content (AvgIpc) is 1.51. The predicted molar refractivity (Wildman–Crippen MR) is 443 cm³/mol. The summed E-state index contributed by atoms with van der Waals surface area (Å²) < 4.78 is 97.1. The Kier molecular flexibility index (Phi) is 28.9. The number of ether oxygens (including phenoxy) is 16. The number of Topliss-reactive ketones (excluding diaryl/α,β-unsaturated/α-hetero) is 2. The van der Waals surface area contributed by atoms with Crippen LogP contribution in [0.4, 0.5) is 4.79 Å². The van der Waals surface area contributed by atoms with Crippen LogP contribution in [0.1, 0.15) is 206 Å². The van der Waals surface area contributed by atoms with Gasteiger partial charge in [0.05, 0.1) is 69.5 Å². The molecule has 12 N–H and O–H groups in total. The summed E-state index contributed by atoms with van der Waals surface area (Å²) in [6, 6.07) is 11.9. The first-order valence-corrected chi connectivity index (χ1v) is 45.2. The summed E-state index contributed by atoms with van der Waals surface area (Å²) in [7, 11) is 2.92. The Bertz CT molecular complexity index is 4020. The zero-order chi connectivity index (χ0) is 90.8. The molecule has 0 bridgehead atoms. The van der Waals surface area contributed by atoms with Crippen molar-refractivity contribution < 1.29 is 150 Å². The zero-order valence-electron chi connectivity index (χ0n) is 74.3. The second kappa shape index (κ2) is 38.2. The van der Waals surface area contributed by atoms with Gasteiger partial charge in [0.15, 0.2) is 49.6 Å². The van der Waals surface area contributed by atoms with Crippen molar-refractivity contribution in [2.45, 2.75) is 330 Å². The largest absolute Gasteiger partial charge is 0.508 e. The van der Waals surface area contributed by atoms with Crippen molar-refractivity contribution in [1.29, 1.82) is 0 Å². The van der Waals surface area contributed by atoms with Gasteiger partial charge >= 0.3 is 30.0 Å². The molecule has 4 heterocycles. The van der Waals surface area contributed by atoms with E-state index in [2.05, 4.69) is 19.1 Å². The molecule has 6 saturated carbocycles. The van der Waals surface area contributed by atoms with Crippen molar-refractivity contribution in [2.75, 3.05) is 40.6 Å². The molecule has 34 atom stereocenters. The molecular weight excluding hydrogens is 1640 g/mol. The van der Waals surface area contributed by atoms with Gasteiger partial charge in [0.25, 0.3) is 0 Å². The fourth-order valence-corrected chi connectivity index (χ4v) is 24.0. The molecule has 14 rings (SSSR count). The summed E-state index contributed by atoms with van der Waals surface area (Å²) in [6.07, 6.45) is -17.9. The monoisotopic (exact) mass is 1770 g/mol. The number of allylic oxidation sites excluding steroid dienone is 2. The Morgan fingerprint density at radius 2 is 0.873 bits per heavy atom. The van der Waals surface area contributed by atoms with Crippen LogP contribution in [0.2, 0.25) is 0 Å². The standard InChI is InChI=1S/C93H132N2O31/c1-45(2)13-27-65(98)47(5)92(109)71(121-85-79(117-49(7)96)75(69(102)43-115-85)125-83-77(73(104)67(100)41-113-83)123-81(106)51-15-21-55(111-11)22-16-51)39-63-59-25-19-53-37-57(29-33-88(53,9)61(59)31-34-89(63,92)10)119-87(108)120-58-30-35-90(94)54(38-58)20-26-60-62(90)32-36-91(95)64(60)40-72(93(91,110)48(6)66(99)28-14-46(3)4)122-86-80(118-50(8)97)76(70(103)44-116-86)126-84-78(74(105)68(101)42-114-84)124-82(107)52-17-23-56(112-12)24-18-52/h15-24,45-48,57-64,67-80,83-86,100-105,109-110H,13-14,25-44,94-95H2,1-12H3/t47-,48-,57+,58-,59-,60-,61?,62?,63+,64+,67?,68?,69?,70?,71+,72+,73?,74?,75?,76?,77?,78?,79?,80?,83?,84?,85?,86?,88+,89+,90-,91-,92-,93-/m1/s1. The quantitative estimate of drug-likeness (QED) is 0.0243. The van der Waals surface area contributed by atoms with E-state index in [4.69, 9.17) is 87.3 Å². The molecule has 12 aliphatic rings.